The van der Waals surface area contributed by atoms with Crippen LogP contribution in [0.3, 0.4) is 0 Å². The number of anilines is 1. The van der Waals surface area contributed by atoms with E-state index in [1.54, 1.807) is 23.6 Å². The second-order valence-electron chi connectivity index (χ2n) is 4.58. The molecule has 2 rings (SSSR count). The number of aryl methyl sites for hydroxylation is 1. The molecule has 21 heavy (non-hydrogen) atoms. The maximum atomic E-state index is 12.5. The van der Waals surface area contributed by atoms with Gasteiger partial charge in [-0.2, -0.15) is 0 Å². The summed E-state index contributed by atoms with van der Waals surface area (Å²) >= 11 is 7.47. The molecule has 0 aliphatic heterocycles. The zero-order valence-corrected chi connectivity index (χ0v) is 14.2. The molecule has 0 fully saturated rings. The van der Waals surface area contributed by atoms with E-state index < -0.39 is 10.0 Å². The molecule has 1 heterocycles. The Labute approximate surface area is 134 Å². The number of hydrogen-bond donors (Lipinski definition) is 2. The van der Waals surface area contributed by atoms with Gasteiger partial charge in [-0.15, -0.1) is 11.3 Å². The molecule has 1 aromatic heterocycles. The molecule has 0 aliphatic carbocycles. The highest BCUT2D eigenvalue weighted by atomic mass is 35.5. The summed E-state index contributed by atoms with van der Waals surface area (Å²) < 4.78 is 27.6. The first-order chi connectivity index (χ1) is 9.94. The van der Waals surface area contributed by atoms with Crippen molar-refractivity contribution in [2.24, 2.45) is 0 Å². The third kappa shape index (κ3) is 3.97. The average molecular weight is 345 g/mol. The van der Waals surface area contributed by atoms with Gasteiger partial charge in [-0.1, -0.05) is 24.6 Å². The van der Waals surface area contributed by atoms with Gasteiger partial charge in [0.15, 0.2) is 0 Å². The summed E-state index contributed by atoms with van der Waals surface area (Å²) in [7, 11) is -3.63. The molecule has 0 saturated carbocycles. The summed E-state index contributed by atoms with van der Waals surface area (Å²) in [5.74, 6) is 0. The molecule has 0 aliphatic rings. The fourth-order valence-electron chi connectivity index (χ4n) is 1.85. The van der Waals surface area contributed by atoms with Crippen LogP contribution < -0.4 is 10.0 Å². The minimum absolute atomic E-state index is 0.297. The Morgan fingerprint density at radius 2 is 2.05 bits per heavy atom. The molecular formula is C14H17ClN2O2S2. The first-order valence-corrected chi connectivity index (χ1v) is 9.24. The van der Waals surface area contributed by atoms with Crippen LogP contribution in [0.5, 0.6) is 0 Å². The molecule has 4 nitrogen and oxygen atoms in total. The molecular weight excluding hydrogens is 328 g/mol. The summed E-state index contributed by atoms with van der Waals surface area (Å²) in [6.07, 6.45) is 0. The fraction of sp³-hybridized carbons (Fsp3) is 0.286. The number of sulfonamides is 1. The van der Waals surface area contributed by atoms with Gasteiger partial charge in [-0.3, -0.25) is 4.72 Å². The van der Waals surface area contributed by atoms with Crippen molar-refractivity contribution in [3.63, 3.8) is 0 Å². The summed E-state index contributed by atoms with van der Waals surface area (Å²) in [6, 6.07) is 6.85. The van der Waals surface area contributed by atoms with Gasteiger partial charge in [0.05, 0.1) is 10.7 Å². The van der Waals surface area contributed by atoms with Crippen molar-refractivity contribution < 1.29 is 8.42 Å². The molecule has 0 spiro atoms. The van der Waals surface area contributed by atoms with Crippen molar-refractivity contribution >= 4 is 38.6 Å². The minimum Gasteiger partial charge on any atom is -0.312 e. The average Bonchev–Trinajstić information content (AvgIpc) is 2.89. The van der Waals surface area contributed by atoms with Crippen molar-refractivity contribution in [2.75, 3.05) is 11.3 Å². The normalized spacial score (nSPS) is 11.6. The van der Waals surface area contributed by atoms with Gasteiger partial charge >= 0.3 is 0 Å². The third-order valence-electron chi connectivity index (χ3n) is 2.90. The highest BCUT2D eigenvalue weighted by Crippen LogP contribution is 2.28. The van der Waals surface area contributed by atoms with Crippen LogP contribution in [0, 0.1) is 6.92 Å². The Morgan fingerprint density at radius 3 is 2.76 bits per heavy atom. The number of benzene rings is 1. The highest BCUT2D eigenvalue weighted by Gasteiger charge is 2.20. The first kappa shape index (κ1) is 16.3. The summed E-state index contributed by atoms with van der Waals surface area (Å²) in [4.78, 5) is 1.08. The van der Waals surface area contributed by atoms with Crippen LogP contribution in [0.1, 0.15) is 17.4 Å². The van der Waals surface area contributed by atoms with Gasteiger partial charge in [0, 0.05) is 11.4 Å². The third-order valence-corrected chi connectivity index (χ3v) is 5.73. The zero-order chi connectivity index (χ0) is 15.5. The van der Waals surface area contributed by atoms with E-state index in [2.05, 4.69) is 10.0 Å². The summed E-state index contributed by atoms with van der Waals surface area (Å²) in [6.45, 7) is 5.18. The van der Waals surface area contributed by atoms with Crippen LogP contribution in [0.25, 0.3) is 0 Å². The van der Waals surface area contributed by atoms with Gasteiger partial charge in [0.2, 0.25) is 0 Å². The van der Waals surface area contributed by atoms with E-state index in [1.165, 1.54) is 11.3 Å². The van der Waals surface area contributed by atoms with Crippen LogP contribution in [0.4, 0.5) is 5.69 Å². The Morgan fingerprint density at radius 1 is 1.29 bits per heavy atom. The lowest BCUT2D eigenvalue weighted by atomic mass is 10.2. The molecule has 0 radical (unpaired) electrons. The molecule has 114 valence electrons. The maximum absolute atomic E-state index is 12.5. The zero-order valence-electron chi connectivity index (χ0n) is 11.8. The molecule has 7 heteroatoms. The second-order valence-corrected chi connectivity index (χ2v) is 7.64. The number of thiophene rings is 1. The summed E-state index contributed by atoms with van der Waals surface area (Å²) in [5.41, 5.74) is 1.34. The number of nitrogens with one attached hydrogen (secondary N) is 2. The second kappa shape index (κ2) is 6.79. The molecule has 0 amide bonds. The lowest BCUT2D eigenvalue weighted by Crippen LogP contribution is -2.17. The van der Waals surface area contributed by atoms with Crippen molar-refractivity contribution in [1.29, 1.82) is 0 Å². The largest absolute Gasteiger partial charge is 0.312 e. The van der Waals surface area contributed by atoms with E-state index >= 15 is 0 Å². The lowest BCUT2D eigenvalue weighted by Gasteiger charge is -2.11. The summed E-state index contributed by atoms with van der Waals surface area (Å²) in [5, 5.41) is 5.30. The van der Waals surface area contributed by atoms with Crippen LogP contribution in [-0.4, -0.2) is 15.0 Å². The lowest BCUT2D eigenvalue weighted by molar-refractivity contribution is 0.599. The van der Waals surface area contributed by atoms with Gasteiger partial charge in [-0.25, -0.2) is 8.42 Å². The number of rotatable bonds is 6. The van der Waals surface area contributed by atoms with E-state index in [1.807, 2.05) is 19.9 Å². The fourth-order valence-corrected chi connectivity index (χ4v) is 4.56. The topological polar surface area (TPSA) is 58.2 Å². The predicted molar refractivity (Wildman–Crippen MR) is 88.7 cm³/mol. The number of halogens is 1. The quantitative estimate of drug-likeness (QED) is 0.841. The van der Waals surface area contributed by atoms with Crippen molar-refractivity contribution in [1.82, 2.24) is 5.32 Å². The van der Waals surface area contributed by atoms with E-state index in [4.69, 9.17) is 11.6 Å². The SMILES string of the molecule is CCNCc1sccc1S(=O)(=O)Nc1cc(C)ccc1Cl. The monoisotopic (exact) mass is 344 g/mol. The Bertz CT molecular complexity index is 726. The van der Waals surface area contributed by atoms with E-state index in [0.29, 0.717) is 22.2 Å². The Hall–Kier alpha value is -1.08. The Balaban J connectivity index is 2.30. The van der Waals surface area contributed by atoms with Gasteiger partial charge in [-0.05, 0) is 42.6 Å². The first-order valence-electron chi connectivity index (χ1n) is 6.50. The van der Waals surface area contributed by atoms with Crippen LogP contribution in [-0.2, 0) is 16.6 Å². The maximum Gasteiger partial charge on any atom is 0.263 e. The molecule has 1 aromatic carbocycles. The van der Waals surface area contributed by atoms with Gasteiger partial charge < -0.3 is 5.32 Å². The van der Waals surface area contributed by atoms with Crippen molar-refractivity contribution in [2.45, 2.75) is 25.3 Å². The van der Waals surface area contributed by atoms with E-state index in [9.17, 15) is 8.42 Å². The predicted octanol–water partition coefficient (Wildman–Crippen LogP) is 3.62. The smallest absolute Gasteiger partial charge is 0.263 e. The van der Waals surface area contributed by atoms with Crippen molar-refractivity contribution in [3.05, 3.63) is 45.1 Å². The van der Waals surface area contributed by atoms with Crippen LogP contribution in [0.15, 0.2) is 34.5 Å². The molecule has 0 atom stereocenters. The number of hydrogen-bond acceptors (Lipinski definition) is 4. The standard InChI is InChI=1S/C14H17ClN2O2S2/c1-3-16-9-13-14(6-7-20-13)21(18,19)17-12-8-10(2)4-5-11(12)15/h4-8,16-17H,3,9H2,1-2H3. The van der Waals surface area contributed by atoms with E-state index in [0.717, 1.165) is 17.0 Å². The molecule has 0 saturated heterocycles. The molecule has 2 N–H and O–H groups in total. The molecule has 0 unspecified atom stereocenters. The van der Waals surface area contributed by atoms with Crippen LogP contribution >= 0.6 is 22.9 Å². The highest BCUT2D eigenvalue weighted by molar-refractivity contribution is 7.93. The van der Waals surface area contributed by atoms with E-state index in [-0.39, 0.29) is 0 Å². The van der Waals surface area contributed by atoms with Crippen LogP contribution in [0.2, 0.25) is 5.02 Å². The molecule has 0 bridgehead atoms. The van der Waals surface area contributed by atoms with Crippen molar-refractivity contribution in [3.8, 4) is 0 Å². The van der Waals surface area contributed by atoms with Gasteiger partial charge in [0.1, 0.15) is 4.90 Å². The molecule has 2 aromatic rings. The van der Waals surface area contributed by atoms with Gasteiger partial charge in [0.25, 0.3) is 10.0 Å². The minimum atomic E-state index is -3.63. The Kier molecular flexibility index (Phi) is 5.27.